The van der Waals surface area contributed by atoms with Gasteiger partial charge in [0.05, 0.1) is 27.4 Å². The predicted octanol–water partition coefficient (Wildman–Crippen LogP) is 6.47. The smallest absolute Gasteiger partial charge is 0.255 e. The number of halogens is 3. The second-order valence-electron chi connectivity index (χ2n) is 5.28. The first-order valence-corrected chi connectivity index (χ1v) is 8.83. The van der Waals surface area contributed by atoms with Crippen LogP contribution in [0.25, 0.3) is 0 Å². The molecule has 0 unspecified atom stereocenters. The molecule has 0 saturated carbocycles. The Hall–Kier alpha value is -1.42. The number of hydrogen-bond acceptors (Lipinski definition) is 2. The number of ether oxygens (including phenoxy) is 1. The zero-order valence-corrected chi connectivity index (χ0v) is 15.5. The van der Waals surface area contributed by atoms with Gasteiger partial charge in [0.1, 0.15) is 5.75 Å². The van der Waals surface area contributed by atoms with E-state index in [9.17, 15) is 4.79 Å². The maximum absolute atomic E-state index is 12.3. The third-order valence-corrected chi connectivity index (χ3v) is 4.43. The lowest BCUT2D eigenvalue weighted by atomic mass is 10.2. The summed E-state index contributed by atoms with van der Waals surface area (Å²) in [6.45, 7) is 2.83. The molecule has 128 valence electrons. The van der Waals surface area contributed by atoms with Gasteiger partial charge in [-0.2, -0.15) is 0 Å². The van der Waals surface area contributed by atoms with Gasteiger partial charge < -0.3 is 10.1 Å². The topological polar surface area (TPSA) is 38.3 Å². The monoisotopic (exact) mass is 385 g/mol. The molecule has 2 rings (SSSR count). The molecule has 0 spiro atoms. The molecule has 2 aromatic carbocycles. The first-order valence-electron chi connectivity index (χ1n) is 7.70. The number of benzene rings is 2. The third kappa shape index (κ3) is 5.30. The first-order chi connectivity index (χ1) is 11.5. The van der Waals surface area contributed by atoms with Crippen molar-refractivity contribution in [3.63, 3.8) is 0 Å². The van der Waals surface area contributed by atoms with Crippen molar-refractivity contribution in [2.45, 2.75) is 26.2 Å². The fourth-order valence-corrected chi connectivity index (χ4v) is 2.65. The number of unbranched alkanes of at least 4 members (excludes halogenated alkanes) is 2. The van der Waals surface area contributed by atoms with Crippen molar-refractivity contribution in [3.8, 4) is 5.75 Å². The van der Waals surface area contributed by atoms with Gasteiger partial charge in [-0.05, 0) is 42.8 Å². The summed E-state index contributed by atoms with van der Waals surface area (Å²) >= 11 is 17.9. The third-order valence-electron chi connectivity index (χ3n) is 3.39. The van der Waals surface area contributed by atoms with Crippen molar-refractivity contribution < 1.29 is 9.53 Å². The van der Waals surface area contributed by atoms with Gasteiger partial charge in [-0.15, -0.1) is 0 Å². The number of hydrogen-bond donors (Lipinski definition) is 1. The molecule has 0 heterocycles. The van der Waals surface area contributed by atoms with Crippen molar-refractivity contribution >= 4 is 46.4 Å². The Bertz CT molecular complexity index is 702. The van der Waals surface area contributed by atoms with Crippen LogP contribution in [0.15, 0.2) is 36.4 Å². The van der Waals surface area contributed by atoms with Crippen LogP contribution < -0.4 is 10.1 Å². The lowest BCUT2D eigenvalue weighted by Crippen LogP contribution is -2.12. The standard InChI is InChI=1S/C18H18Cl3NO2/c1-2-3-4-9-24-13-7-5-12(6-8-13)18(23)22-17-11-15(20)14(19)10-16(17)21/h5-8,10-11H,2-4,9H2,1H3,(H,22,23). The molecule has 2 aromatic rings. The van der Waals surface area contributed by atoms with Crippen LogP contribution in [0.4, 0.5) is 5.69 Å². The number of rotatable bonds is 7. The van der Waals surface area contributed by atoms with E-state index >= 15 is 0 Å². The lowest BCUT2D eigenvalue weighted by molar-refractivity contribution is 0.102. The normalized spacial score (nSPS) is 10.5. The molecule has 0 aromatic heterocycles. The molecule has 0 fully saturated rings. The van der Waals surface area contributed by atoms with E-state index < -0.39 is 0 Å². The second kappa shape index (κ2) is 9.16. The van der Waals surface area contributed by atoms with Gasteiger partial charge in [-0.3, -0.25) is 4.79 Å². The molecule has 0 saturated heterocycles. The molecule has 24 heavy (non-hydrogen) atoms. The Kier molecular flexibility index (Phi) is 7.22. The van der Waals surface area contributed by atoms with Crippen LogP contribution >= 0.6 is 34.8 Å². The number of carbonyl (C=O) groups excluding carboxylic acids is 1. The van der Waals surface area contributed by atoms with Crippen molar-refractivity contribution in [2.24, 2.45) is 0 Å². The number of amides is 1. The Morgan fingerprint density at radius 2 is 1.67 bits per heavy atom. The minimum absolute atomic E-state index is 0.284. The highest BCUT2D eigenvalue weighted by Gasteiger charge is 2.11. The predicted molar refractivity (Wildman–Crippen MR) is 101 cm³/mol. The van der Waals surface area contributed by atoms with Crippen molar-refractivity contribution in [2.75, 3.05) is 11.9 Å². The van der Waals surface area contributed by atoms with Gasteiger partial charge in [0.25, 0.3) is 5.91 Å². The minimum Gasteiger partial charge on any atom is -0.494 e. The molecule has 0 aliphatic rings. The maximum atomic E-state index is 12.3. The van der Waals surface area contributed by atoms with E-state index in [1.807, 2.05) is 0 Å². The first kappa shape index (κ1) is 18.9. The average Bonchev–Trinajstić information content (AvgIpc) is 2.57. The summed E-state index contributed by atoms with van der Waals surface area (Å²) in [7, 11) is 0. The molecular weight excluding hydrogens is 369 g/mol. The van der Waals surface area contributed by atoms with Gasteiger partial charge in [0.2, 0.25) is 0 Å². The van der Waals surface area contributed by atoms with Crippen molar-refractivity contribution in [1.82, 2.24) is 0 Å². The molecular formula is C18H18Cl3NO2. The summed E-state index contributed by atoms with van der Waals surface area (Å²) in [5.74, 6) is 0.461. The summed E-state index contributed by atoms with van der Waals surface area (Å²) in [6, 6.07) is 9.98. The van der Waals surface area contributed by atoms with E-state index in [2.05, 4.69) is 12.2 Å². The van der Waals surface area contributed by atoms with E-state index in [0.29, 0.717) is 32.9 Å². The van der Waals surface area contributed by atoms with Gasteiger partial charge in [-0.25, -0.2) is 0 Å². The molecule has 6 heteroatoms. The van der Waals surface area contributed by atoms with Crippen LogP contribution in [0, 0.1) is 0 Å². The van der Waals surface area contributed by atoms with E-state index in [1.165, 1.54) is 12.1 Å². The highest BCUT2D eigenvalue weighted by atomic mass is 35.5. The molecule has 0 bridgehead atoms. The Morgan fingerprint density at radius 3 is 2.33 bits per heavy atom. The van der Waals surface area contributed by atoms with Crippen LogP contribution in [0.5, 0.6) is 5.75 Å². The molecule has 0 aliphatic heterocycles. The van der Waals surface area contributed by atoms with Crippen LogP contribution in [0.3, 0.4) is 0 Å². The molecule has 0 radical (unpaired) electrons. The summed E-state index contributed by atoms with van der Waals surface area (Å²) in [6.07, 6.45) is 3.32. The van der Waals surface area contributed by atoms with Gasteiger partial charge in [0, 0.05) is 5.56 Å². The quantitative estimate of drug-likeness (QED) is 0.437. The molecule has 1 N–H and O–H groups in total. The minimum atomic E-state index is -0.284. The maximum Gasteiger partial charge on any atom is 0.255 e. The fourth-order valence-electron chi connectivity index (χ4n) is 2.06. The van der Waals surface area contributed by atoms with Crippen molar-refractivity contribution in [3.05, 3.63) is 57.0 Å². The van der Waals surface area contributed by atoms with Crippen LogP contribution in [-0.4, -0.2) is 12.5 Å². The number of nitrogens with one attached hydrogen (secondary N) is 1. The Morgan fingerprint density at radius 1 is 1.00 bits per heavy atom. The highest BCUT2D eigenvalue weighted by molar-refractivity contribution is 6.44. The average molecular weight is 387 g/mol. The zero-order valence-electron chi connectivity index (χ0n) is 13.2. The molecule has 0 atom stereocenters. The fraction of sp³-hybridized carbons (Fsp3) is 0.278. The zero-order chi connectivity index (χ0) is 17.5. The number of carbonyl (C=O) groups is 1. The number of anilines is 1. The Balaban J connectivity index is 1.99. The van der Waals surface area contributed by atoms with E-state index in [1.54, 1.807) is 24.3 Å². The molecule has 1 amide bonds. The SMILES string of the molecule is CCCCCOc1ccc(C(=O)Nc2cc(Cl)c(Cl)cc2Cl)cc1. The second-order valence-corrected chi connectivity index (χ2v) is 6.50. The molecule has 0 aliphatic carbocycles. The van der Waals surface area contributed by atoms with Crippen LogP contribution in [-0.2, 0) is 0 Å². The lowest BCUT2D eigenvalue weighted by Gasteiger charge is -2.10. The Labute approximate surface area is 156 Å². The summed E-state index contributed by atoms with van der Waals surface area (Å²) in [4.78, 5) is 12.3. The summed E-state index contributed by atoms with van der Waals surface area (Å²) < 4.78 is 5.62. The highest BCUT2D eigenvalue weighted by Crippen LogP contribution is 2.32. The van der Waals surface area contributed by atoms with Gasteiger partial charge >= 0.3 is 0 Å². The van der Waals surface area contributed by atoms with Crippen LogP contribution in [0.2, 0.25) is 15.1 Å². The van der Waals surface area contributed by atoms with Crippen molar-refractivity contribution in [1.29, 1.82) is 0 Å². The van der Waals surface area contributed by atoms with E-state index in [0.717, 1.165) is 25.0 Å². The van der Waals surface area contributed by atoms with Crippen LogP contribution in [0.1, 0.15) is 36.5 Å². The largest absolute Gasteiger partial charge is 0.494 e. The summed E-state index contributed by atoms with van der Waals surface area (Å²) in [5.41, 5.74) is 0.911. The van der Waals surface area contributed by atoms with E-state index in [4.69, 9.17) is 39.5 Å². The van der Waals surface area contributed by atoms with Gasteiger partial charge in [0.15, 0.2) is 0 Å². The van der Waals surface area contributed by atoms with E-state index in [-0.39, 0.29) is 5.91 Å². The van der Waals surface area contributed by atoms with Gasteiger partial charge in [-0.1, -0.05) is 54.6 Å². The molecule has 3 nitrogen and oxygen atoms in total. The summed E-state index contributed by atoms with van der Waals surface area (Å²) in [5, 5.41) is 3.71.